The molecule has 60 valence electrons. The molecule has 0 saturated heterocycles. The maximum Gasteiger partial charge on any atom is 0.233 e. The monoisotopic (exact) mass is 207 g/mol. The first-order valence-electron chi connectivity index (χ1n) is 3.60. The summed E-state index contributed by atoms with van der Waals surface area (Å²) in [6, 6.07) is 0. The van der Waals surface area contributed by atoms with Crippen molar-refractivity contribution in [2.45, 2.75) is 31.5 Å². The van der Waals surface area contributed by atoms with E-state index in [2.05, 4.69) is 28.2 Å². The van der Waals surface area contributed by atoms with Crippen molar-refractivity contribution in [1.29, 1.82) is 0 Å². The van der Waals surface area contributed by atoms with Gasteiger partial charge in [-0.05, 0) is 13.3 Å². The molecule has 0 saturated carbocycles. The van der Waals surface area contributed by atoms with Crippen LogP contribution in [0.5, 0.6) is 0 Å². The lowest BCUT2D eigenvalue weighted by Crippen LogP contribution is -2.29. The minimum atomic E-state index is -0.0654. The molecule has 0 fully saturated rings. The molecule has 0 aromatic rings. The molecule has 2 nitrogen and oxygen atoms in total. The lowest BCUT2D eigenvalue weighted by Gasteiger charge is -2.04. The smallest absolute Gasteiger partial charge is 0.233 e. The first-order chi connectivity index (χ1) is 4.68. The minimum absolute atomic E-state index is 0.0654. The number of hydrogen-bond acceptors (Lipinski definition) is 1. The molecule has 0 aromatic carbocycles. The van der Waals surface area contributed by atoms with Gasteiger partial charge >= 0.3 is 0 Å². The fraction of sp³-hybridized carbons (Fsp3) is 0.857. The van der Waals surface area contributed by atoms with Crippen LogP contribution in [-0.4, -0.2) is 17.3 Å². The van der Waals surface area contributed by atoms with Crippen LogP contribution in [0.15, 0.2) is 0 Å². The highest BCUT2D eigenvalue weighted by molar-refractivity contribution is 9.10. The highest BCUT2D eigenvalue weighted by atomic mass is 79.9. The van der Waals surface area contributed by atoms with Crippen LogP contribution < -0.4 is 5.32 Å². The summed E-state index contributed by atoms with van der Waals surface area (Å²) in [5, 5.41) is 2.80. The van der Waals surface area contributed by atoms with E-state index >= 15 is 0 Å². The fourth-order valence-electron chi connectivity index (χ4n) is 0.529. The molecule has 0 aliphatic carbocycles. The molecule has 0 rings (SSSR count). The average molecular weight is 208 g/mol. The summed E-state index contributed by atoms with van der Waals surface area (Å²) in [6.45, 7) is 4.72. The van der Waals surface area contributed by atoms with Crippen molar-refractivity contribution in [3.8, 4) is 0 Å². The Labute approximate surface area is 70.5 Å². The zero-order valence-electron chi connectivity index (χ0n) is 6.48. The van der Waals surface area contributed by atoms with E-state index in [1.807, 2.05) is 6.92 Å². The molecule has 0 unspecified atom stereocenters. The molecule has 0 bridgehead atoms. The molecule has 0 aliphatic heterocycles. The molecule has 3 heteroatoms. The van der Waals surface area contributed by atoms with Crippen molar-refractivity contribution >= 4 is 21.8 Å². The van der Waals surface area contributed by atoms with Crippen LogP contribution in [-0.2, 0) is 4.79 Å². The lowest BCUT2D eigenvalue weighted by atomic mass is 10.3. The van der Waals surface area contributed by atoms with Gasteiger partial charge in [0.25, 0.3) is 0 Å². The van der Waals surface area contributed by atoms with E-state index in [-0.39, 0.29) is 10.7 Å². The van der Waals surface area contributed by atoms with E-state index in [4.69, 9.17) is 0 Å². The van der Waals surface area contributed by atoms with Crippen LogP contribution in [0.1, 0.15) is 26.7 Å². The Morgan fingerprint density at radius 1 is 1.70 bits per heavy atom. The van der Waals surface area contributed by atoms with E-state index < -0.39 is 0 Å². The summed E-state index contributed by atoms with van der Waals surface area (Å²) in [7, 11) is 0. The van der Waals surface area contributed by atoms with Crippen LogP contribution >= 0.6 is 15.9 Å². The van der Waals surface area contributed by atoms with Crippen LogP contribution in [0.3, 0.4) is 0 Å². The summed E-state index contributed by atoms with van der Waals surface area (Å²) >= 11 is 3.18. The number of rotatable bonds is 4. The molecule has 0 radical (unpaired) electrons. The predicted octanol–water partition coefficient (Wildman–Crippen LogP) is 1.69. The predicted molar refractivity (Wildman–Crippen MR) is 46.3 cm³/mol. The van der Waals surface area contributed by atoms with Gasteiger partial charge in [-0.15, -0.1) is 0 Å². The Hall–Kier alpha value is -0.0500. The number of amides is 1. The normalized spacial score (nSPS) is 12.7. The maximum absolute atomic E-state index is 10.9. The van der Waals surface area contributed by atoms with Crippen molar-refractivity contribution in [1.82, 2.24) is 5.32 Å². The number of hydrogen-bond donors (Lipinski definition) is 1. The molecular formula is C7H14BrNO. The Balaban J connectivity index is 3.22. The van der Waals surface area contributed by atoms with Gasteiger partial charge in [-0.3, -0.25) is 4.79 Å². The summed E-state index contributed by atoms with van der Waals surface area (Å²) in [5.41, 5.74) is 0. The van der Waals surface area contributed by atoms with Crippen molar-refractivity contribution in [2.24, 2.45) is 0 Å². The first-order valence-corrected chi connectivity index (χ1v) is 4.51. The molecular weight excluding hydrogens is 194 g/mol. The molecule has 0 spiro atoms. The average Bonchev–Trinajstić information content (AvgIpc) is 1.88. The number of nitrogens with one attached hydrogen (secondary N) is 1. The molecule has 0 aromatic heterocycles. The number of unbranched alkanes of at least 4 members (excludes halogenated alkanes) is 1. The Morgan fingerprint density at radius 2 is 2.30 bits per heavy atom. The molecule has 1 amide bonds. The third-order valence-corrected chi connectivity index (χ3v) is 1.61. The summed E-state index contributed by atoms with van der Waals surface area (Å²) < 4.78 is 0. The molecule has 0 heterocycles. The number of carbonyl (C=O) groups is 1. The quantitative estimate of drug-likeness (QED) is 0.552. The second kappa shape index (κ2) is 5.71. The highest BCUT2D eigenvalue weighted by Crippen LogP contribution is 1.96. The third kappa shape index (κ3) is 4.79. The topological polar surface area (TPSA) is 29.1 Å². The zero-order chi connectivity index (χ0) is 7.98. The van der Waals surface area contributed by atoms with Gasteiger partial charge in [0.1, 0.15) is 0 Å². The van der Waals surface area contributed by atoms with Gasteiger partial charge in [0.15, 0.2) is 0 Å². The molecule has 0 aliphatic rings. The standard InChI is InChI=1S/C7H14BrNO/c1-3-4-5-9-7(10)6(2)8/h6H,3-5H2,1-2H3,(H,9,10)/t6-/m0/s1. The van der Waals surface area contributed by atoms with E-state index in [1.165, 1.54) is 0 Å². The van der Waals surface area contributed by atoms with Crippen LogP contribution in [0.25, 0.3) is 0 Å². The Kier molecular flexibility index (Phi) is 5.69. The second-order valence-electron chi connectivity index (χ2n) is 2.26. The van der Waals surface area contributed by atoms with E-state index in [1.54, 1.807) is 0 Å². The highest BCUT2D eigenvalue weighted by Gasteiger charge is 2.05. The van der Waals surface area contributed by atoms with Crippen LogP contribution in [0, 0.1) is 0 Å². The minimum Gasteiger partial charge on any atom is -0.355 e. The SMILES string of the molecule is CCCCNC(=O)[C@H](C)Br. The first kappa shape index (κ1) is 9.95. The van der Waals surface area contributed by atoms with E-state index in [0.717, 1.165) is 19.4 Å². The molecule has 10 heavy (non-hydrogen) atoms. The largest absolute Gasteiger partial charge is 0.355 e. The Morgan fingerprint density at radius 3 is 2.70 bits per heavy atom. The van der Waals surface area contributed by atoms with Gasteiger partial charge in [0.05, 0.1) is 4.83 Å². The van der Waals surface area contributed by atoms with Crippen LogP contribution in [0.4, 0.5) is 0 Å². The van der Waals surface area contributed by atoms with Gasteiger partial charge in [0, 0.05) is 6.54 Å². The zero-order valence-corrected chi connectivity index (χ0v) is 8.07. The van der Waals surface area contributed by atoms with Crippen molar-refractivity contribution in [3.63, 3.8) is 0 Å². The second-order valence-corrected chi connectivity index (χ2v) is 3.63. The summed E-state index contributed by atoms with van der Waals surface area (Å²) in [5.74, 6) is 0.0773. The van der Waals surface area contributed by atoms with Crippen molar-refractivity contribution in [3.05, 3.63) is 0 Å². The number of alkyl halides is 1. The molecule has 1 atom stereocenters. The van der Waals surface area contributed by atoms with Gasteiger partial charge in [-0.1, -0.05) is 29.3 Å². The van der Waals surface area contributed by atoms with Gasteiger partial charge in [-0.2, -0.15) is 0 Å². The van der Waals surface area contributed by atoms with Crippen molar-refractivity contribution < 1.29 is 4.79 Å². The number of carbonyl (C=O) groups excluding carboxylic acids is 1. The maximum atomic E-state index is 10.9. The van der Waals surface area contributed by atoms with Gasteiger partial charge < -0.3 is 5.32 Å². The number of halogens is 1. The molecule has 1 N–H and O–H groups in total. The summed E-state index contributed by atoms with van der Waals surface area (Å²) in [4.78, 5) is 10.8. The third-order valence-electron chi connectivity index (χ3n) is 1.19. The lowest BCUT2D eigenvalue weighted by molar-refractivity contribution is -0.120. The van der Waals surface area contributed by atoms with Crippen LogP contribution in [0.2, 0.25) is 0 Å². The fourth-order valence-corrected chi connectivity index (χ4v) is 0.691. The van der Waals surface area contributed by atoms with E-state index in [9.17, 15) is 4.79 Å². The Bertz CT molecular complexity index is 104. The van der Waals surface area contributed by atoms with Gasteiger partial charge in [0.2, 0.25) is 5.91 Å². The van der Waals surface area contributed by atoms with Gasteiger partial charge in [-0.25, -0.2) is 0 Å². The summed E-state index contributed by atoms with van der Waals surface area (Å²) in [6.07, 6.45) is 2.18. The van der Waals surface area contributed by atoms with Crippen molar-refractivity contribution in [2.75, 3.05) is 6.54 Å². The van der Waals surface area contributed by atoms with E-state index in [0.29, 0.717) is 0 Å².